The molecule has 3 unspecified atom stereocenters. The van der Waals surface area contributed by atoms with Crippen LogP contribution in [0, 0.1) is 5.92 Å². The van der Waals surface area contributed by atoms with Crippen molar-refractivity contribution in [2.24, 2.45) is 5.92 Å². The van der Waals surface area contributed by atoms with E-state index in [-0.39, 0.29) is 5.91 Å². The topological polar surface area (TPSA) is 32.3 Å². The molecule has 3 atom stereocenters. The van der Waals surface area contributed by atoms with E-state index in [9.17, 15) is 4.79 Å². The molecular formula is C14H16BrClN2O. The van der Waals surface area contributed by atoms with E-state index in [0.29, 0.717) is 28.6 Å². The lowest BCUT2D eigenvalue weighted by Gasteiger charge is -2.28. The summed E-state index contributed by atoms with van der Waals surface area (Å²) in [6, 6.07) is 6.12. The van der Waals surface area contributed by atoms with Crippen molar-refractivity contribution in [3.63, 3.8) is 0 Å². The Bertz CT molecular complexity index is 522. The molecule has 0 bridgehead atoms. The van der Waals surface area contributed by atoms with Crippen molar-refractivity contribution in [3.05, 3.63) is 33.3 Å². The summed E-state index contributed by atoms with van der Waals surface area (Å²) in [4.78, 5) is 14.8. The number of carbonyl (C=O) groups is 1. The molecule has 1 N–H and O–H groups in total. The second kappa shape index (κ2) is 5.08. The molecule has 3 nitrogen and oxygen atoms in total. The van der Waals surface area contributed by atoms with E-state index in [1.165, 1.54) is 0 Å². The normalized spacial score (nSPS) is 29.6. The molecule has 19 heavy (non-hydrogen) atoms. The van der Waals surface area contributed by atoms with Crippen molar-refractivity contribution in [3.8, 4) is 0 Å². The van der Waals surface area contributed by atoms with Crippen molar-refractivity contribution in [2.75, 3.05) is 13.1 Å². The summed E-state index contributed by atoms with van der Waals surface area (Å²) >= 11 is 9.63. The first kappa shape index (κ1) is 13.4. The molecule has 0 saturated carbocycles. The Kier molecular flexibility index (Phi) is 3.58. The standard InChI is InChI=1S/C14H16BrClN2O/c1-8-5-9-6-17-7-12(9)18(8)14(19)10-3-2-4-11(15)13(10)16/h2-4,8-9,12,17H,5-7H2,1H3. The van der Waals surface area contributed by atoms with E-state index in [0.717, 1.165) is 24.0 Å². The Morgan fingerprint density at radius 3 is 3.05 bits per heavy atom. The van der Waals surface area contributed by atoms with Crippen LogP contribution >= 0.6 is 27.5 Å². The predicted molar refractivity (Wildman–Crippen MR) is 79.5 cm³/mol. The van der Waals surface area contributed by atoms with E-state index < -0.39 is 0 Å². The number of benzene rings is 1. The number of amides is 1. The number of hydrogen-bond donors (Lipinski definition) is 1. The highest BCUT2D eigenvalue weighted by Crippen LogP contribution is 2.35. The van der Waals surface area contributed by atoms with Crippen LogP contribution in [0.5, 0.6) is 0 Å². The molecule has 2 aliphatic rings. The van der Waals surface area contributed by atoms with Crippen molar-refractivity contribution in [1.82, 2.24) is 10.2 Å². The van der Waals surface area contributed by atoms with Crippen LogP contribution in [0.1, 0.15) is 23.7 Å². The van der Waals surface area contributed by atoms with Crippen molar-refractivity contribution in [1.29, 1.82) is 0 Å². The number of carbonyl (C=O) groups excluding carboxylic acids is 1. The van der Waals surface area contributed by atoms with Gasteiger partial charge in [-0.15, -0.1) is 0 Å². The number of likely N-dealkylation sites (tertiary alicyclic amines) is 1. The lowest BCUT2D eigenvalue weighted by molar-refractivity contribution is 0.0682. The summed E-state index contributed by atoms with van der Waals surface area (Å²) in [7, 11) is 0. The number of hydrogen-bond acceptors (Lipinski definition) is 2. The Morgan fingerprint density at radius 1 is 1.47 bits per heavy atom. The number of nitrogens with one attached hydrogen (secondary N) is 1. The second-order valence-electron chi connectivity index (χ2n) is 5.38. The van der Waals surface area contributed by atoms with Crippen LogP contribution in [-0.2, 0) is 0 Å². The monoisotopic (exact) mass is 342 g/mol. The molecule has 2 heterocycles. The van der Waals surface area contributed by atoms with Gasteiger partial charge in [0.15, 0.2) is 0 Å². The largest absolute Gasteiger partial charge is 0.331 e. The Morgan fingerprint density at radius 2 is 2.26 bits per heavy atom. The number of nitrogens with zero attached hydrogens (tertiary/aromatic N) is 1. The van der Waals surface area contributed by atoms with Crippen LogP contribution in [0.4, 0.5) is 0 Å². The van der Waals surface area contributed by atoms with Gasteiger partial charge in [-0.05, 0) is 47.3 Å². The third-order valence-electron chi connectivity index (χ3n) is 4.20. The second-order valence-corrected chi connectivity index (χ2v) is 6.62. The van der Waals surface area contributed by atoms with Crippen LogP contribution in [0.15, 0.2) is 22.7 Å². The van der Waals surface area contributed by atoms with E-state index in [4.69, 9.17) is 11.6 Å². The van der Waals surface area contributed by atoms with Crippen LogP contribution in [0.3, 0.4) is 0 Å². The van der Waals surface area contributed by atoms with Gasteiger partial charge in [0.25, 0.3) is 5.91 Å². The zero-order valence-electron chi connectivity index (χ0n) is 10.7. The van der Waals surface area contributed by atoms with Gasteiger partial charge < -0.3 is 10.2 Å². The van der Waals surface area contributed by atoms with Gasteiger partial charge in [-0.1, -0.05) is 17.7 Å². The molecule has 2 saturated heterocycles. The van der Waals surface area contributed by atoms with E-state index in [1.54, 1.807) is 6.07 Å². The molecule has 2 aliphatic heterocycles. The van der Waals surface area contributed by atoms with Crippen LogP contribution in [0.2, 0.25) is 5.02 Å². The third-order valence-corrected chi connectivity index (χ3v) is 5.49. The minimum Gasteiger partial charge on any atom is -0.331 e. The fourth-order valence-electron chi connectivity index (χ4n) is 3.32. The first-order valence-electron chi connectivity index (χ1n) is 6.57. The van der Waals surface area contributed by atoms with Gasteiger partial charge >= 0.3 is 0 Å². The summed E-state index contributed by atoms with van der Waals surface area (Å²) < 4.78 is 0.771. The molecule has 1 aromatic rings. The maximum absolute atomic E-state index is 12.8. The van der Waals surface area contributed by atoms with Crippen LogP contribution in [0.25, 0.3) is 0 Å². The molecule has 0 aromatic heterocycles. The first-order valence-corrected chi connectivity index (χ1v) is 7.74. The SMILES string of the molecule is CC1CC2CNCC2N1C(=O)c1cccc(Br)c1Cl. The van der Waals surface area contributed by atoms with Crippen molar-refractivity contribution in [2.45, 2.75) is 25.4 Å². The first-order chi connectivity index (χ1) is 9.09. The number of halogens is 2. The average molecular weight is 344 g/mol. The summed E-state index contributed by atoms with van der Waals surface area (Å²) in [5, 5.41) is 3.88. The van der Waals surface area contributed by atoms with Gasteiger partial charge in [0.2, 0.25) is 0 Å². The molecule has 0 spiro atoms. The van der Waals surface area contributed by atoms with E-state index in [1.807, 2.05) is 17.0 Å². The molecule has 0 radical (unpaired) electrons. The van der Waals surface area contributed by atoms with Gasteiger partial charge in [0.1, 0.15) is 0 Å². The molecule has 1 aromatic carbocycles. The molecule has 0 aliphatic carbocycles. The van der Waals surface area contributed by atoms with E-state index >= 15 is 0 Å². The maximum atomic E-state index is 12.8. The van der Waals surface area contributed by atoms with Crippen LogP contribution in [-0.4, -0.2) is 36.0 Å². The van der Waals surface area contributed by atoms with Crippen molar-refractivity contribution >= 4 is 33.4 Å². The lowest BCUT2D eigenvalue weighted by Crippen LogP contribution is -2.42. The summed E-state index contributed by atoms with van der Waals surface area (Å²) in [5.41, 5.74) is 0.593. The molecule has 3 rings (SSSR count). The molecule has 5 heteroatoms. The highest BCUT2D eigenvalue weighted by atomic mass is 79.9. The Balaban J connectivity index is 1.93. The zero-order chi connectivity index (χ0) is 13.6. The average Bonchev–Trinajstić information content (AvgIpc) is 2.91. The van der Waals surface area contributed by atoms with Gasteiger partial charge in [-0.25, -0.2) is 0 Å². The highest BCUT2D eigenvalue weighted by Gasteiger charge is 2.44. The fraction of sp³-hybridized carbons (Fsp3) is 0.500. The van der Waals surface area contributed by atoms with Gasteiger partial charge in [-0.2, -0.15) is 0 Å². The molecule has 2 fully saturated rings. The smallest absolute Gasteiger partial charge is 0.255 e. The molecule has 1 amide bonds. The minimum atomic E-state index is 0.0509. The van der Waals surface area contributed by atoms with Gasteiger partial charge in [0, 0.05) is 29.6 Å². The van der Waals surface area contributed by atoms with Gasteiger partial charge in [-0.3, -0.25) is 4.79 Å². The third kappa shape index (κ3) is 2.20. The number of fused-ring (bicyclic) bond motifs is 1. The van der Waals surface area contributed by atoms with E-state index in [2.05, 4.69) is 28.2 Å². The Labute approximate surface area is 126 Å². The maximum Gasteiger partial charge on any atom is 0.255 e. The summed E-state index contributed by atoms with van der Waals surface area (Å²) in [5.74, 6) is 0.639. The summed E-state index contributed by atoms with van der Waals surface area (Å²) in [6.07, 6.45) is 1.08. The van der Waals surface area contributed by atoms with Crippen molar-refractivity contribution < 1.29 is 4.79 Å². The minimum absolute atomic E-state index is 0.0509. The fourth-order valence-corrected chi connectivity index (χ4v) is 3.90. The lowest BCUT2D eigenvalue weighted by atomic mass is 10.0. The highest BCUT2D eigenvalue weighted by molar-refractivity contribution is 9.10. The Hall–Kier alpha value is -0.580. The van der Waals surface area contributed by atoms with Crippen LogP contribution < -0.4 is 5.32 Å². The van der Waals surface area contributed by atoms with Gasteiger partial charge in [0.05, 0.1) is 10.6 Å². The summed E-state index contributed by atoms with van der Waals surface area (Å²) in [6.45, 7) is 4.04. The predicted octanol–water partition coefficient (Wildman–Crippen LogP) is 2.92. The zero-order valence-corrected chi connectivity index (χ0v) is 13.0. The molecule has 102 valence electrons. The quantitative estimate of drug-likeness (QED) is 0.850. The number of rotatable bonds is 1. The molecular weight excluding hydrogens is 328 g/mol.